The van der Waals surface area contributed by atoms with Crippen LogP contribution in [0, 0.1) is 6.92 Å². The van der Waals surface area contributed by atoms with E-state index in [2.05, 4.69) is 10.3 Å². The first-order chi connectivity index (χ1) is 10.7. The second-order valence-corrected chi connectivity index (χ2v) is 5.20. The summed E-state index contributed by atoms with van der Waals surface area (Å²) in [6.45, 7) is 2.42. The summed E-state index contributed by atoms with van der Waals surface area (Å²) < 4.78 is 5.25. The van der Waals surface area contributed by atoms with Gasteiger partial charge in [0.25, 0.3) is 5.91 Å². The van der Waals surface area contributed by atoms with Crippen molar-refractivity contribution in [3.05, 3.63) is 65.4 Å². The molecule has 1 aromatic heterocycles. The van der Waals surface area contributed by atoms with Crippen LogP contribution in [0.25, 0.3) is 10.9 Å². The van der Waals surface area contributed by atoms with Gasteiger partial charge >= 0.3 is 0 Å². The molecule has 22 heavy (non-hydrogen) atoms. The average Bonchev–Trinajstić information content (AvgIpc) is 2.88. The number of hydrogen-bond acceptors (Lipinski definition) is 2. The van der Waals surface area contributed by atoms with Crippen LogP contribution in [0.1, 0.15) is 21.6 Å². The lowest BCUT2D eigenvalue weighted by Gasteiger charge is -2.06. The molecule has 3 rings (SSSR count). The first-order valence-electron chi connectivity index (χ1n) is 7.17. The van der Waals surface area contributed by atoms with Crippen LogP contribution >= 0.6 is 0 Å². The van der Waals surface area contributed by atoms with Crippen molar-refractivity contribution in [1.82, 2.24) is 10.3 Å². The van der Waals surface area contributed by atoms with Crippen LogP contribution in [0.15, 0.2) is 48.5 Å². The Bertz CT molecular complexity index is 807. The maximum absolute atomic E-state index is 12.5. The van der Waals surface area contributed by atoms with Crippen molar-refractivity contribution < 1.29 is 9.53 Å². The van der Waals surface area contributed by atoms with Gasteiger partial charge in [0.2, 0.25) is 0 Å². The minimum absolute atomic E-state index is 0.0825. The minimum atomic E-state index is -0.0825. The van der Waals surface area contributed by atoms with Gasteiger partial charge < -0.3 is 15.0 Å². The number of ether oxygens (including phenoxy) is 1. The molecule has 0 aliphatic heterocycles. The first kappa shape index (κ1) is 14.2. The zero-order chi connectivity index (χ0) is 15.5. The molecule has 1 heterocycles. The number of benzene rings is 2. The summed E-state index contributed by atoms with van der Waals surface area (Å²) in [6, 6.07) is 15.6. The summed E-state index contributed by atoms with van der Waals surface area (Å²) in [4.78, 5) is 15.8. The minimum Gasteiger partial charge on any atom is -0.497 e. The highest BCUT2D eigenvalue weighted by Crippen LogP contribution is 2.26. The van der Waals surface area contributed by atoms with Gasteiger partial charge in [-0.2, -0.15) is 0 Å². The lowest BCUT2D eigenvalue weighted by molar-refractivity contribution is 0.0952. The van der Waals surface area contributed by atoms with Crippen molar-refractivity contribution in [2.75, 3.05) is 7.11 Å². The second-order valence-electron chi connectivity index (χ2n) is 5.20. The van der Waals surface area contributed by atoms with E-state index in [1.54, 1.807) is 7.11 Å². The Morgan fingerprint density at radius 3 is 2.68 bits per heavy atom. The van der Waals surface area contributed by atoms with Crippen molar-refractivity contribution in [3.63, 3.8) is 0 Å². The zero-order valence-electron chi connectivity index (χ0n) is 12.6. The second kappa shape index (κ2) is 5.93. The standard InChI is InChI=1S/C18H18N2O2/c1-12-17(15-10-14(22-2)8-9-16(15)20-12)18(21)19-11-13-6-4-3-5-7-13/h3-10,20H,11H2,1-2H3,(H,19,21). The largest absolute Gasteiger partial charge is 0.497 e. The lowest BCUT2D eigenvalue weighted by atomic mass is 10.1. The fraction of sp³-hybridized carbons (Fsp3) is 0.167. The Morgan fingerprint density at radius 1 is 1.18 bits per heavy atom. The predicted octanol–water partition coefficient (Wildman–Crippen LogP) is 3.41. The predicted molar refractivity (Wildman–Crippen MR) is 87.2 cm³/mol. The van der Waals surface area contributed by atoms with E-state index >= 15 is 0 Å². The Hall–Kier alpha value is -2.75. The number of rotatable bonds is 4. The van der Waals surface area contributed by atoms with E-state index in [0.717, 1.165) is 27.9 Å². The van der Waals surface area contributed by atoms with Crippen LogP contribution in [0.2, 0.25) is 0 Å². The summed E-state index contributed by atoms with van der Waals surface area (Å²) in [5.74, 6) is 0.657. The van der Waals surface area contributed by atoms with Gasteiger partial charge in [0, 0.05) is 23.1 Å². The van der Waals surface area contributed by atoms with E-state index in [9.17, 15) is 4.79 Å². The fourth-order valence-corrected chi connectivity index (χ4v) is 2.59. The van der Waals surface area contributed by atoms with E-state index in [1.807, 2.05) is 55.5 Å². The Kier molecular flexibility index (Phi) is 3.83. The quantitative estimate of drug-likeness (QED) is 0.774. The van der Waals surface area contributed by atoms with Crippen molar-refractivity contribution in [1.29, 1.82) is 0 Å². The van der Waals surface area contributed by atoms with Gasteiger partial charge in [-0.1, -0.05) is 30.3 Å². The molecule has 0 spiro atoms. The molecule has 0 bridgehead atoms. The molecule has 4 heteroatoms. The number of methoxy groups -OCH3 is 1. The van der Waals surface area contributed by atoms with E-state index < -0.39 is 0 Å². The van der Waals surface area contributed by atoms with Crippen LogP contribution in [0.5, 0.6) is 5.75 Å². The number of aromatic amines is 1. The summed E-state index contributed by atoms with van der Waals surface area (Å²) in [7, 11) is 1.62. The number of carbonyl (C=O) groups excluding carboxylic acids is 1. The Balaban J connectivity index is 1.88. The Morgan fingerprint density at radius 2 is 1.95 bits per heavy atom. The van der Waals surface area contributed by atoms with E-state index in [4.69, 9.17) is 4.74 Å². The molecule has 0 aliphatic rings. The van der Waals surface area contributed by atoms with Gasteiger partial charge in [-0.25, -0.2) is 0 Å². The summed E-state index contributed by atoms with van der Waals surface area (Å²) >= 11 is 0. The molecule has 112 valence electrons. The third-order valence-corrected chi connectivity index (χ3v) is 3.72. The van der Waals surface area contributed by atoms with E-state index in [0.29, 0.717) is 12.1 Å². The smallest absolute Gasteiger partial charge is 0.253 e. The number of nitrogens with one attached hydrogen (secondary N) is 2. The van der Waals surface area contributed by atoms with Gasteiger partial charge in [-0.3, -0.25) is 4.79 Å². The molecule has 4 nitrogen and oxygen atoms in total. The maximum atomic E-state index is 12.5. The summed E-state index contributed by atoms with van der Waals surface area (Å²) in [5, 5.41) is 3.85. The molecule has 0 fully saturated rings. The molecule has 0 radical (unpaired) electrons. The highest BCUT2D eigenvalue weighted by Gasteiger charge is 2.16. The number of aryl methyl sites for hydroxylation is 1. The number of amides is 1. The summed E-state index contributed by atoms with van der Waals surface area (Å²) in [5.41, 5.74) is 3.53. The molecule has 0 saturated heterocycles. The van der Waals surface area contributed by atoms with Crippen LogP contribution < -0.4 is 10.1 Å². The molecule has 0 atom stereocenters. The molecule has 3 aromatic rings. The third-order valence-electron chi connectivity index (χ3n) is 3.72. The lowest BCUT2D eigenvalue weighted by Crippen LogP contribution is -2.23. The van der Waals surface area contributed by atoms with Crippen molar-refractivity contribution in [2.45, 2.75) is 13.5 Å². The van der Waals surface area contributed by atoms with Gasteiger partial charge in [0.15, 0.2) is 0 Å². The van der Waals surface area contributed by atoms with Crippen LogP contribution in [0.3, 0.4) is 0 Å². The van der Waals surface area contributed by atoms with Gasteiger partial charge in [0.1, 0.15) is 5.75 Å². The SMILES string of the molecule is COc1ccc2[nH]c(C)c(C(=O)NCc3ccccc3)c2c1. The van der Waals surface area contributed by atoms with E-state index in [-0.39, 0.29) is 5.91 Å². The van der Waals surface area contributed by atoms with Gasteiger partial charge in [-0.15, -0.1) is 0 Å². The summed E-state index contributed by atoms with van der Waals surface area (Å²) in [6.07, 6.45) is 0. The van der Waals surface area contributed by atoms with Crippen LogP contribution in [-0.4, -0.2) is 18.0 Å². The maximum Gasteiger partial charge on any atom is 0.253 e. The highest BCUT2D eigenvalue weighted by molar-refractivity contribution is 6.08. The topological polar surface area (TPSA) is 54.1 Å². The zero-order valence-corrected chi connectivity index (χ0v) is 12.6. The molecule has 2 N–H and O–H groups in total. The fourth-order valence-electron chi connectivity index (χ4n) is 2.59. The number of fused-ring (bicyclic) bond motifs is 1. The number of hydrogen-bond donors (Lipinski definition) is 2. The van der Waals surface area contributed by atoms with Gasteiger partial charge in [0.05, 0.1) is 12.7 Å². The molecule has 0 unspecified atom stereocenters. The number of carbonyl (C=O) groups is 1. The van der Waals surface area contributed by atoms with Gasteiger partial charge in [-0.05, 0) is 30.7 Å². The van der Waals surface area contributed by atoms with Crippen LogP contribution in [-0.2, 0) is 6.54 Å². The van der Waals surface area contributed by atoms with Crippen molar-refractivity contribution in [2.24, 2.45) is 0 Å². The van der Waals surface area contributed by atoms with Crippen molar-refractivity contribution >= 4 is 16.8 Å². The first-order valence-corrected chi connectivity index (χ1v) is 7.17. The molecule has 2 aromatic carbocycles. The molecule has 0 aliphatic carbocycles. The number of aromatic nitrogens is 1. The molecular formula is C18H18N2O2. The van der Waals surface area contributed by atoms with E-state index in [1.165, 1.54) is 0 Å². The average molecular weight is 294 g/mol. The molecule has 0 saturated carbocycles. The monoisotopic (exact) mass is 294 g/mol. The molecule has 1 amide bonds. The molecular weight excluding hydrogens is 276 g/mol. The van der Waals surface area contributed by atoms with Crippen LogP contribution in [0.4, 0.5) is 0 Å². The number of H-pyrrole nitrogens is 1. The Labute approximate surface area is 129 Å². The third kappa shape index (κ3) is 2.68. The normalized spacial score (nSPS) is 10.6. The highest BCUT2D eigenvalue weighted by atomic mass is 16.5. The van der Waals surface area contributed by atoms with Crippen molar-refractivity contribution in [3.8, 4) is 5.75 Å².